The third kappa shape index (κ3) is 1.23. The van der Waals surface area contributed by atoms with Gasteiger partial charge >= 0.3 is 5.97 Å². The number of cyclic esters (lactones) is 1. The first kappa shape index (κ1) is 8.99. The number of halogens is 1. The Kier molecular flexibility index (Phi) is 1.91. The molecule has 3 nitrogen and oxygen atoms in total. The van der Waals surface area contributed by atoms with Crippen molar-refractivity contribution in [2.75, 3.05) is 0 Å². The molecule has 1 aliphatic heterocycles. The zero-order valence-electron chi connectivity index (χ0n) is 7.58. The van der Waals surface area contributed by atoms with E-state index in [1.165, 1.54) is 0 Å². The highest BCUT2D eigenvalue weighted by atomic mass is 19.1. The largest absolute Gasteiger partial charge is 0.507 e. The second-order valence-corrected chi connectivity index (χ2v) is 3.34. The molecule has 0 spiro atoms. The molecule has 1 unspecified atom stereocenters. The predicted molar refractivity (Wildman–Crippen MR) is 46.6 cm³/mol. The van der Waals surface area contributed by atoms with Crippen molar-refractivity contribution in [1.82, 2.24) is 0 Å². The van der Waals surface area contributed by atoms with Gasteiger partial charge in [-0.1, -0.05) is 0 Å². The number of benzene rings is 1. The van der Waals surface area contributed by atoms with E-state index >= 15 is 0 Å². The van der Waals surface area contributed by atoms with Gasteiger partial charge in [0.05, 0.1) is 0 Å². The minimum atomic E-state index is -0.657. The van der Waals surface area contributed by atoms with Crippen molar-refractivity contribution in [3.63, 3.8) is 0 Å². The number of ether oxygens (including phenoxy) is 1. The molecular formula is C10H9FO3. The number of phenolic OH excluding ortho intramolecular Hbond substituents is 1. The minimum Gasteiger partial charge on any atom is -0.507 e. The van der Waals surface area contributed by atoms with E-state index in [4.69, 9.17) is 4.74 Å². The highest BCUT2D eigenvalue weighted by Crippen LogP contribution is 2.29. The number of aromatic hydroxyl groups is 1. The Labute approximate surface area is 80.1 Å². The lowest BCUT2D eigenvalue weighted by atomic mass is 9.98. The molecule has 0 saturated heterocycles. The standard InChI is InChI=1S/C10H9FO3/c1-5-4-6-7(11)2-3-8(12)9(6)10(13)14-5/h2-3,5,12H,4H2,1H3. The molecule has 14 heavy (non-hydrogen) atoms. The fourth-order valence-corrected chi connectivity index (χ4v) is 1.61. The number of carbonyl (C=O) groups is 1. The van der Waals surface area contributed by atoms with Gasteiger partial charge in [-0.15, -0.1) is 0 Å². The minimum absolute atomic E-state index is 0.0388. The number of fused-ring (bicyclic) bond motifs is 1. The van der Waals surface area contributed by atoms with Gasteiger partial charge in [0.1, 0.15) is 23.2 Å². The molecule has 0 bridgehead atoms. The second-order valence-electron chi connectivity index (χ2n) is 3.34. The van der Waals surface area contributed by atoms with Crippen molar-refractivity contribution in [1.29, 1.82) is 0 Å². The smallest absolute Gasteiger partial charge is 0.342 e. The van der Waals surface area contributed by atoms with E-state index in [2.05, 4.69) is 0 Å². The van der Waals surface area contributed by atoms with E-state index in [1.54, 1.807) is 6.92 Å². The highest BCUT2D eigenvalue weighted by Gasteiger charge is 2.28. The molecule has 0 fully saturated rings. The summed E-state index contributed by atoms with van der Waals surface area (Å²) in [5, 5.41) is 9.37. The molecule has 0 aliphatic carbocycles. The molecule has 4 heteroatoms. The number of carbonyl (C=O) groups excluding carboxylic acids is 1. The van der Waals surface area contributed by atoms with E-state index in [0.717, 1.165) is 12.1 Å². The van der Waals surface area contributed by atoms with Gasteiger partial charge in [-0.3, -0.25) is 0 Å². The lowest BCUT2D eigenvalue weighted by Gasteiger charge is -2.22. The molecule has 2 rings (SSSR count). The molecule has 0 saturated carbocycles. The number of phenols is 1. The maximum atomic E-state index is 13.3. The van der Waals surface area contributed by atoms with Crippen LogP contribution in [0.3, 0.4) is 0 Å². The van der Waals surface area contributed by atoms with Gasteiger partial charge in [0, 0.05) is 12.0 Å². The average Bonchev–Trinajstić information content (AvgIpc) is 2.10. The van der Waals surface area contributed by atoms with Gasteiger partial charge < -0.3 is 9.84 Å². The van der Waals surface area contributed by atoms with Crippen molar-refractivity contribution < 1.29 is 19.0 Å². The second kappa shape index (κ2) is 2.97. The fourth-order valence-electron chi connectivity index (χ4n) is 1.61. The average molecular weight is 196 g/mol. The first-order chi connectivity index (χ1) is 6.59. The van der Waals surface area contributed by atoms with Crippen LogP contribution in [0, 0.1) is 5.82 Å². The summed E-state index contributed by atoms with van der Waals surface area (Å²) < 4.78 is 18.2. The van der Waals surface area contributed by atoms with Crippen LogP contribution in [0.15, 0.2) is 12.1 Å². The van der Waals surface area contributed by atoms with Crippen LogP contribution in [-0.4, -0.2) is 17.2 Å². The number of hydrogen-bond donors (Lipinski definition) is 1. The van der Waals surface area contributed by atoms with Crippen LogP contribution >= 0.6 is 0 Å². The van der Waals surface area contributed by atoms with E-state index in [0.29, 0.717) is 6.42 Å². The normalized spacial score (nSPS) is 20.1. The van der Waals surface area contributed by atoms with E-state index < -0.39 is 11.8 Å². The Bertz CT molecular complexity index is 401. The molecule has 1 atom stereocenters. The molecular weight excluding hydrogens is 187 g/mol. The zero-order chi connectivity index (χ0) is 10.3. The lowest BCUT2D eigenvalue weighted by Crippen LogP contribution is -2.26. The van der Waals surface area contributed by atoms with Crippen LogP contribution in [0.2, 0.25) is 0 Å². The quantitative estimate of drug-likeness (QED) is 0.641. The third-order valence-electron chi connectivity index (χ3n) is 2.24. The molecule has 0 aromatic heterocycles. The van der Waals surface area contributed by atoms with Crippen LogP contribution < -0.4 is 0 Å². The number of hydrogen-bond acceptors (Lipinski definition) is 3. The van der Waals surface area contributed by atoms with Gasteiger partial charge in [-0.05, 0) is 19.1 Å². The van der Waals surface area contributed by atoms with Crippen LogP contribution in [0.5, 0.6) is 5.75 Å². The molecule has 1 aromatic carbocycles. The molecule has 74 valence electrons. The summed E-state index contributed by atoms with van der Waals surface area (Å²) in [7, 11) is 0. The van der Waals surface area contributed by atoms with Crippen LogP contribution in [0.4, 0.5) is 4.39 Å². The maximum absolute atomic E-state index is 13.3. The Hall–Kier alpha value is -1.58. The summed E-state index contributed by atoms with van der Waals surface area (Å²) in [5.74, 6) is -1.35. The molecule has 1 heterocycles. The van der Waals surface area contributed by atoms with Gasteiger partial charge in [-0.2, -0.15) is 0 Å². The molecule has 1 aliphatic rings. The molecule has 1 aromatic rings. The van der Waals surface area contributed by atoms with Gasteiger partial charge in [0.2, 0.25) is 0 Å². The molecule has 0 radical (unpaired) electrons. The predicted octanol–water partition coefficient (Wildman–Crippen LogP) is 1.63. The molecule has 0 amide bonds. The highest BCUT2D eigenvalue weighted by molar-refractivity contribution is 5.95. The summed E-state index contributed by atoms with van der Waals surface area (Å²) in [6.07, 6.45) is -0.0345. The van der Waals surface area contributed by atoms with Gasteiger partial charge in [0.25, 0.3) is 0 Å². The summed E-state index contributed by atoms with van der Waals surface area (Å²) in [6.45, 7) is 1.68. The van der Waals surface area contributed by atoms with Crippen molar-refractivity contribution in [3.8, 4) is 5.75 Å². The third-order valence-corrected chi connectivity index (χ3v) is 2.24. The zero-order valence-corrected chi connectivity index (χ0v) is 7.58. The van der Waals surface area contributed by atoms with Crippen molar-refractivity contribution in [2.45, 2.75) is 19.4 Å². The Morgan fingerprint density at radius 3 is 3.00 bits per heavy atom. The number of rotatable bonds is 0. The van der Waals surface area contributed by atoms with Crippen LogP contribution in [-0.2, 0) is 11.2 Å². The topological polar surface area (TPSA) is 46.5 Å². The summed E-state index contributed by atoms with van der Waals surface area (Å²) >= 11 is 0. The van der Waals surface area contributed by atoms with Crippen LogP contribution in [0.25, 0.3) is 0 Å². The summed E-state index contributed by atoms with van der Waals surface area (Å²) in [4.78, 5) is 11.3. The first-order valence-electron chi connectivity index (χ1n) is 4.31. The fraction of sp³-hybridized carbons (Fsp3) is 0.300. The van der Waals surface area contributed by atoms with E-state index in [9.17, 15) is 14.3 Å². The van der Waals surface area contributed by atoms with Crippen molar-refractivity contribution >= 4 is 5.97 Å². The van der Waals surface area contributed by atoms with Gasteiger partial charge in [0.15, 0.2) is 0 Å². The molecule has 1 N–H and O–H groups in total. The van der Waals surface area contributed by atoms with E-state index in [1.807, 2.05) is 0 Å². The monoisotopic (exact) mass is 196 g/mol. The number of esters is 1. The van der Waals surface area contributed by atoms with E-state index in [-0.39, 0.29) is 23.0 Å². The Morgan fingerprint density at radius 1 is 1.57 bits per heavy atom. The van der Waals surface area contributed by atoms with Crippen molar-refractivity contribution in [3.05, 3.63) is 29.1 Å². The lowest BCUT2D eigenvalue weighted by molar-refractivity contribution is 0.0293. The summed E-state index contributed by atoms with van der Waals surface area (Å²) in [6, 6.07) is 2.31. The van der Waals surface area contributed by atoms with Crippen LogP contribution in [0.1, 0.15) is 22.8 Å². The SMILES string of the molecule is CC1Cc2c(F)ccc(O)c2C(=O)O1. The summed E-state index contributed by atoms with van der Waals surface area (Å²) in [5.41, 5.74) is 0.205. The van der Waals surface area contributed by atoms with Gasteiger partial charge in [-0.25, -0.2) is 9.18 Å². The maximum Gasteiger partial charge on any atom is 0.342 e. The van der Waals surface area contributed by atoms with Crippen molar-refractivity contribution in [2.24, 2.45) is 0 Å². The Morgan fingerprint density at radius 2 is 2.29 bits per heavy atom. The first-order valence-corrected chi connectivity index (χ1v) is 4.31. The Balaban J connectivity index is 2.63.